The molecule has 0 amide bonds. The molecule has 1 aliphatic carbocycles. The zero-order valence-corrected chi connectivity index (χ0v) is 7.01. The molecule has 1 saturated heterocycles. The van der Waals surface area contributed by atoms with Crippen molar-refractivity contribution in [2.45, 2.75) is 38.2 Å². The van der Waals surface area contributed by atoms with Gasteiger partial charge in [-0.15, -0.1) is 0 Å². The predicted molar refractivity (Wildman–Crippen MR) is 45.5 cm³/mol. The van der Waals surface area contributed by atoms with Gasteiger partial charge in [-0.2, -0.15) is 0 Å². The van der Waals surface area contributed by atoms with Crippen molar-refractivity contribution in [1.29, 1.82) is 0 Å². The normalized spacial score (nSPS) is 38.4. The van der Waals surface area contributed by atoms with Crippen molar-refractivity contribution in [3.8, 4) is 0 Å². The van der Waals surface area contributed by atoms with Crippen LogP contribution in [0.5, 0.6) is 0 Å². The molecule has 1 heteroatoms. The Bertz CT molecular complexity index is 162. The van der Waals surface area contributed by atoms with Gasteiger partial charge in [0, 0.05) is 6.61 Å². The van der Waals surface area contributed by atoms with Crippen LogP contribution in [0.3, 0.4) is 0 Å². The van der Waals surface area contributed by atoms with Crippen molar-refractivity contribution in [1.82, 2.24) is 0 Å². The Morgan fingerprint density at radius 2 is 2.27 bits per heavy atom. The van der Waals surface area contributed by atoms with Crippen LogP contribution in [0.4, 0.5) is 0 Å². The quantitative estimate of drug-likeness (QED) is 0.485. The van der Waals surface area contributed by atoms with Crippen molar-refractivity contribution in [3.05, 3.63) is 12.2 Å². The second-order valence-corrected chi connectivity index (χ2v) is 3.80. The lowest BCUT2D eigenvalue weighted by atomic mass is 9.80. The molecule has 1 aliphatic heterocycles. The van der Waals surface area contributed by atoms with Crippen LogP contribution in [-0.2, 0) is 4.74 Å². The molecule has 0 aromatic rings. The van der Waals surface area contributed by atoms with Crippen LogP contribution in [0, 0.1) is 5.92 Å². The largest absolute Gasteiger partial charge is 0.378 e. The highest BCUT2D eigenvalue weighted by Crippen LogP contribution is 2.35. The van der Waals surface area contributed by atoms with E-state index in [0.717, 1.165) is 12.5 Å². The van der Waals surface area contributed by atoms with Gasteiger partial charge >= 0.3 is 0 Å². The summed E-state index contributed by atoms with van der Waals surface area (Å²) in [6.07, 6.45) is 6.85. The van der Waals surface area contributed by atoms with Gasteiger partial charge in [-0.1, -0.05) is 12.2 Å². The van der Waals surface area contributed by atoms with E-state index in [2.05, 4.69) is 6.58 Å². The fraction of sp³-hybridized carbons (Fsp3) is 0.800. The average molecular weight is 152 g/mol. The van der Waals surface area contributed by atoms with E-state index in [1.807, 2.05) is 0 Å². The summed E-state index contributed by atoms with van der Waals surface area (Å²) in [5.41, 5.74) is 1.44. The van der Waals surface area contributed by atoms with Crippen molar-refractivity contribution in [2.75, 3.05) is 6.61 Å². The molecular formula is C10H16O. The molecule has 2 rings (SSSR count). The first-order chi connectivity index (χ1) is 5.36. The summed E-state index contributed by atoms with van der Waals surface area (Å²) in [6, 6.07) is 0. The molecule has 1 saturated carbocycles. The molecule has 0 aromatic carbocycles. The van der Waals surface area contributed by atoms with Crippen LogP contribution in [0.15, 0.2) is 12.2 Å². The molecule has 1 nitrogen and oxygen atoms in total. The Labute approximate surface area is 68.4 Å². The second-order valence-electron chi connectivity index (χ2n) is 3.80. The van der Waals surface area contributed by atoms with Gasteiger partial charge in [0.15, 0.2) is 0 Å². The van der Waals surface area contributed by atoms with E-state index in [1.165, 1.54) is 37.7 Å². The molecule has 2 atom stereocenters. The fourth-order valence-corrected chi connectivity index (χ4v) is 2.27. The highest BCUT2D eigenvalue weighted by Gasteiger charge is 2.29. The summed E-state index contributed by atoms with van der Waals surface area (Å²) >= 11 is 0. The highest BCUT2D eigenvalue weighted by molar-refractivity contribution is 5.02. The van der Waals surface area contributed by atoms with Gasteiger partial charge in [-0.05, 0) is 38.0 Å². The van der Waals surface area contributed by atoms with Crippen molar-refractivity contribution in [3.63, 3.8) is 0 Å². The third-order valence-electron chi connectivity index (χ3n) is 2.91. The molecule has 1 heterocycles. The Morgan fingerprint density at radius 3 is 3.18 bits per heavy atom. The van der Waals surface area contributed by atoms with E-state index in [0.29, 0.717) is 6.10 Å². The lowest BCUT2D eigenvalue weighted by Gasteiger charge is -2.36. The summed E-state index contributed by atoms with van der Waals surface area (Å²) in [4.78, 5) is 0. The zero-order chi connectivity index (χ0) is 7.68. The maximum atomic E-state index is 5.69. The van der Waals surface area contributed by atoms with Gasteiger partial charge in [0.05, 0.1) is 6.10 Å². The minimum Gasteiger partial charge on any atom is -0.378 e. The summed E-state index contributed by atoms with van der Waals surface area (Å²) in [6.45, 7) is 5.04. The first-order valence-electron chi connectivity index (χ1n) is 4.64. The number of allylic oxidation sites excluding steroid dienone is 1. The van der Waals surface area contributed by atoms with E-state index in [1.54, 1.807) is 0 Å². The number of hydrogen-bond donors (Lipinski definition) is 0. The summed E-state index contributed by atoms with van der Waals surface area (Å²) < 4.78 is 5.69. The average Bonchev–Trinajstić information content (AvgIpc) is 2.04. The fourth-order valence-electron chi connectivity index (χ4n) is 2.27. The molecule has 2 aliphatic rings. The van der Waals surface area contributed by atoms with Crippen LogP contribution in [0.25, 0.3) is 0 Å². The third-order valence-corrected chi connectivity index (χ3v) is 2.91. The van der Waals surface area contributed by atoms with Gasteiger partial charge < -0.3 is 4.74 Å². The Kier molecular flexibility index (Phi) is 1.99. The predicted octanol–water partition coefficient (Wildman–Crippen LogP) is 2.52. The lowest BCUT2D eigenvalue weighted by Crippen LogP contribution is -2.32. The van der Waals surface area contributed by atoms with Crippen molar-refractivity contribution in [2.24, 2.45) is 5.92 Å². The molecule has 0 aromatic heterocycles. The monoisotopic (exact) mass is 152 g/mol. The Morgan fingerprint density at radius 1 is 1.36 bits per heavy atom. The summed E-state index contributed by atoms with van der Waals surface area (Å²) in [5, 5.41) is 0. The number of rotatable bonds is 0. The highest BCUT2D eigenvalue weighted by atomic mass is 16.5. The minimum absolute atomic E-state index is 0.578. The molecular weight excluding hydrogens is 136 g/mol. The first kappa shape index (κ1) is 7.35. The number of hydrogen-bond acceptors (Lipinski definition) is 1. The molecule has 2 fully saturated rings. The maximum Gasteiger partial charge on any atom is 0.0609 e. The molecule has 0 radical (unpaired) electrons. The van der Waals surface area contributed by atoms with Gasteiger partial charge in [0.2, 0.25) is 0 Å². The summed E-state index contributed by atoms with van der Waals surface area (Å²) in [7, 11) is 0. The van der Waals surface area contributed by atoms with Crippen LogP contribution < -0.4 is 0 Å². The van der Waals surface area contributed by atoms with Gasteiger partial charge in [-0.25, -0.2) is 0 Å². The SMILES string of the molecule is C=C1CCC2OCCCC2C1. The summed E-state index contributed by atoms with van der Waals surface area (Å²) in [5.74, 6) is 0.810. The van der Waals surface area contributed by atoms with Crippen molar-refractivity contribution >= 4 is 0 Å². The lowest BCUT2D eigenvalue weighted by molar-refractivity contribution is -0.0382. The smallest absolute Gasteiger partial charge is 0.0609 e. The number of ether oxygens (including phenoxy) is 1. The van der Waals surface area contributed by atoms with E-state index in [-0.39, 0.29) is 0 Å². The second kappa shape index (κ2) is 2.98. The molecule has 11 heavy (non-hydrogen) atoms. The standard InChI is InChI=1S/C10H16O/c1-8-4-5-10-9(7-8)3-2-6-11-10/h9-10H,1-7H2. The van der Waals surface area contributed by atoms with Gasteiger partial charge in [0.25, 0.3) is 0 Å². The van der Waals surface area contributed by atoms with E-state index in [4.69, 9.17) is 4.74 Å². The van der Waals surface area contributed by atoms with E-state index in [9.17, 15) is 0 Å². The van der Waals surface area contributed by atoms with E-state index >= 15 is 0 Å². The Balaban J connectivity index is 1.98. The van der Waals surface area contributed by atoms with E-state index < -0.39 is 0 Å². The van der Waals surface area contributed by atoms with Crippen LogP contribution in [0.1, 0.15) is 32.1 Å². The molecule has 62 valence electrons. The topological polar surface area (TPSA) is 9.23 Å². The molecule has 0 N–H and O–H groups in total. The van der Waals surface area contributed by atoms with Crippen molar-refractivity contribution < 1.29 is 4.74 Å². The van der Waals surface area contributed by atoms with Crippen LogP contribution >= 0.6 is 0 Å². The molecule has 0 bridgehead atoms. The maximum absolute atomic E-state index is 5.69. The van der Waals surface area contributed by atoms with Crippen LogP contribution in [0.2, 0.25) is 0 Å². The van der Waals surface area contributed by atoms with Gasteiger partial charge in [-0.3, -0.25) is 0 Å². The molecule has 2 unspecified atom stereocenters. The Hall–Kier alpha value is -0.300. The molecule has 0 spiro atoms. The van der Waals surface area contributed by atoms with Gasteiger partial charge in [0.1, 0.15) is 0 Å². The van der Waals surface area contributed by atoms with Crippen LogP contribution in [-0.4, -0.2) is 12.7 Å². The number of fused-ring (bicyclic) bond motifs is 1. The minimum atomic E-state index is 0.578. The zero-order valence-electron chi connectivity index (χ0n) is 7.01. The first-order valence-corrected chi connectivity index (χ1v) is 4.64. The third kappa shape index (κ3) is 1.48.